The topological polar surface area (TPSA) is 46.3 Å². The molecule has 15 heavy (non-hydrogen) atoms. The molecule has 1 atom stereocenters. The van der Waals surface area contributed by atoms with E-state index < -0.39 is 0 Å². The van der Waals surface area contributed by atoms with Gasteiger partial charge < -0.3 is 10.6 Å². The zero-order valence-corrected chi connectivity index (χ0v) is 10.1. The van der Waals surface area contributed by atoms with Crippen molar-refractivity contribution < 1.29 is 4.79 Å². The first-order valence-electron chi connectivity index (χ1n) is 4.88. The largest absolute Gasteiger partial charge is 0.336 e. The molecular formula is C10H13ClN2OS. The van der Waals surface area contributed by atoms with Crippen LogP contribution in [0.25, 0.3) is 0 Å². The molecule has 3 nitrogen and oxygen atoms in total. The third kappa shape index (κ3) is 2.02. The molecule has 2 N–H and O–H groups in total. The first kappa shape index (κ1) is 10.9. The van der Waals surface area contributed by atoms with Crippen LogP contribution in [-0.2, 0) is 0 Å². The molecule has 0 aliphatic carbocycles. The molecule has 1 aromatic rings. The van der Waals surface area contributed by atoms with Crippen molar-refractivity contribution in [3.8, 4) is 0 Å². The van der Waals surface area contributed by atoms with Gasteiger partial charge in [0, 0.05) is 19.1 Å². The van der Waals surface area contributed by atoms with Gasteiger partial charge in [-0.15, -0.1) is 11.3 Å². The minimum Gasteiger partial charge on any atom is -0.336 e. The van der Waals surface area contributed by atoms with Crippen LogP contribution in [0.15, 0.2) is 5.38 Å². The zero-order chi connectivity index (χ0) is 11.0. The number of nitrogens with two attached hydrogens (primary N) is 1. The number of nitrogens with zero attached hydrogens (tertiary/aromatic N) is 1. The Morgan fingerprint density at radius 1 is 1.73 bits per heavy atom. The first-order chi connectivity index (χ1) is 7.09. The Kier molecular flexibility index (Phi) is 3.00. The van der Waals surface area contributed by atoms with Gasteiger partial charge in [0.05, 0.1) is 5.02 Å². The number of carbonyl (C=O) groups is 1. The van der Waals surface area contributed by atoms with E-state index in [4.69, 9.17) is 17.3 Å². The van der Waals surface area contributed by atoms with E-state index in [0.29, 0.717) is 16.4 Å². The molecule has 0 radical (unpaired) electrons. The highest BCUT2D eigenvalue weighted by Crippen LogP contribution is 2.29. The van der Waals surface area contributed by atoms with Gasteiger partial charge in [0.1, 0.15) is 4.88 Å². The zero-order valence-electron chi connectivity index (χ0n) is 8.50. The van der Waals surface area contributed by atoms with Crippen molar-refractivity contribution in [3.05, 3.63) is 20.8 Å². The number of carbonyl (C=O) groups excluding carboxylic acids is 1. The van der Waals surface area contributed by atoms with E-state index in [9.17, 15) is 4.79 Å². The predicted octanol–water partition coefficient (Wildman–Crippen LogP) is 1.88. The molecule has 1 aliphatic heterocycles. The van der Waals surface area contributed by atoms with Crippen LogP contribution in [0.3, 0.4) is 0 Å². The summed E-state index contributed by atoms with van der Waals surface area (Å²) < 4.78 is 0. The van der Waals surface area contributed by atoms with Crippen LogP contribution in [0.4, 0.5) is 0 Å². The monoisotopic (exact) mass is 244 g/mol. The normalized spacial score (nSPS) is 21.0. The van der Waals surface area contributed by atoms with E-state index in [1.165, 1.54) is 11.3 Å². The molecule has 0 saturated carbocycles. The third-order valence-corrected chi connectivity index (χ3v) is 4.29. The fourth-order valence-electron chi connectivity index (χ4n) is 1.69. The maximum Gasteiger partial charge on any atom is 0.265 e. The molecule has 1 saturated heterocycles. The van der Waals surface area contributed by atoms with Crippen molar-refractivity contribution in [2.75, 3.05) is 13.1 Å². The van der Waals surface area contributed by atoms with Gasteiger partial charge in [-0.3, -0.25) is 4.79 Å². The van der Waals surface area contributed by atoms with Crippen molar-refractivity contribution in [1.29, 1.82) is 0 Å². The molecule has 1 aliphatic rings. The Morgan fingerprint density at radius 2 is 2.47 bits per heavy atom. The van der Waals surface area contributed by atoms with Crippen LogP contribution in [-0.4, -0.2) is 29.9 Å². The van der Waals surface area contributed by atoms with Gasteiger partial charge in [0.15, 0.2) is 0 Å². The van der Waals surface area contributed by atoms with E-state index in [-0.39, 0.29) is 11.9 Å². The summed E-state index contributed by atoms with van der Waals surface area (Å²) in [6.07, 6.45) is 0.883. The maximum atomic E-state index is 12.0. The molecular weight excluding hydrogens is 232 g/mol. The molecule has 82 valence electrons. The van der Waals surface area contributed by atoms with Gasteiger partial charge in [-0.05, 0) is 24.3 Å². The second kappa shape index (κ2) is 4.12. The second-order valence-corrected chi connectivity index (χ2v) is 5.12. The van der Waals surface area contributed by atoms with Gasteiger partial charge >= 0.3 is 0 Å². The highest BCUT2D eigenvalue weighted by Gasteiger charge is 2.27. The highest BCUT2D eigenvalue weighted by atomic mass is 35.5. The van der Waals surface area contributed by atoms with Crippen LogP contribution >= 0.6 is 22.9 Å². The fourth-order valence-corrected chi connectivity index (χ4v) is 2.93. The molecule has 5 heteroatoms. The summed E-state index contributed by atoms with van der Waals surface area (Å²) in [6.45, 7) is 3.30. The quantitative estimate of drug-likeness (QED) is 0.820. The summed E-state index contributed by atoms with van der Waals surface area (Å²) in [5.74, 6) is 0.0195. The Bertz CT molecular complexity index is 391. The summed E-state index contributed by atoms with van der Waals surface area (Å²) in [7, 11) is 0. The standard InChI is InChI=1S/C10H13ClN2OS/c1-6-5-15-9(8(6)11)10(14)13-3-2-7(12)4-13/h5,7H,2-4,12H2,1H3/t7-/m1/s1. The van der Waals surface area contributed by atoms with Gasteiger partial charge in [0.2, 0.25) is 0 Å². The summed E-state index contributed by atoms with van der Waals surface area (Å²) in [5.41, 5.74) is 6.73. The Balaban J connectivity index is 2.18. The van der Waals surface area contributed by atoms with Gasteiger partial charge in [-0.1, -0.05) is 11.6 Å². The van der Waals surface area contributed by atoms with Crippen LogP contribution in [0.2, 0.25) is 5.02 Å². The van der Waals surface area contributed by atoms with E-state index in [1.807, 2.05) is 12.3 Å². The Labute approximate surface area is 97.8 Å². The van der Waals surface area contributed by atoms with Gasteiger partial charge in [0.25, 0.3) is 5.91 Å². The van der Waals surface area contributed by atoms with E-state index in [1.54, 1.807) is 4.90 Å². The van der Waals surface area contributed by atoms with Crippen molar-refractivity contribution in [3.63, 3.8) is 0 Å². The fraction of sp³-hybridized carbons (Fsp3) is 0.500. The average Bonchev–Trinajstić information content (AvgIpc) is 2.75. The summed E-state index contributed by atoms with van der Waals surface area (Å²) in [5, 5.41) is 2.50. The Hall–Kier alpha value is -0.580. The molecule has 1 aromatic heterocycles. The number of hydrogen-bond acceptors (Lipinski definition) is 3. The lowest BCUT2D eigenvalue weighted by atomic mass is 10.3. The number of likely N-dealkylation sites (tertiary alicyclic amines) is 1. The molecule has 1 fully saturated rings. The summed E-state index contributed by atoms with van der Waals surface area (Å²) in [6, 6.07) is 0.119. The average molecular weight is 245 g/mol. The number of rotatable bonds is 1. The molecule has 2 rings (SSSR count). The first-order valence-corrected chi connectivity index (χ1v) is 6.14. The number of hydrogen-bond donors (Lipinski definition) is 1. The Morgan fingerprint density at radius 3 is 2.93 bits per heavy atom. The van der Waals surface area contributed by atoms with E-state index >= 15 is 0 Å². The molecule has 2 heterocycles. The summed E-state index contributed by atoms with van der Waals surface area (Å²) >= 11 is 7.46. The van der Waals surface area contributed by atoms with Crippen LogP contribution in [0, 0.1) is 6.92 Å². The SMILES string of the molecule is Cc1csc(C(=O)N2CC[C@@H](N)C2)c1Cl. The maximum absolute atomic E-state index is 12.0. The number of aryl methyl sites for hydroxylation is 1. The van der Waals surface area contributed by atoms with Gasteiger partial charge in [-0.25, -0.2) is 0 Å². The minimum atomic E-state index is 0.0195. The second-order valence-electron chi connectivity index (χ2n) is 3.86. The number of thiophene rings is 1. The third-order valence-electron chi connectivity index (χ3n) is 2.61. The van der Waals surface area contributed by atoms with Crippen LogP contribution in [0.5, 0.6) is 0 Å². The molecule has 0 spiro atoms. The number of amides is 1. The lowest BCUT2D eigenvalue weighted by Gasteiger charge is -2.14. The summed E-state index contributed by atoms with van der Waals surface area (Å²) in [4.78, 5) is 14.4. The van der Waals surface area contributed by atoms with Crippen LogP contribution < -0.4 is 5.73 Å². The van der Waals surface area contributed by atoms with E-state index in [2.05, 4.69) is 0 Å². The molecule has 0 unspecified atom stereocenters. The predicted molar refractivity (Wildman–Crippen MR) is 62.6 cm³/mol. The van der Waals surface area contributed by atoms with Crippen molar-refractivity contribution in [1.82, 2.24) is 4.90 Å². The van der Waals surface area contributed by atoms with Gasteiger partial charge in [-0.2, -0.15) is 0 Å². The molecule has 0 bridgehead atoms. The number of halogens is 1. The van der Waals surface area contributed by atoms with Crippen LogP contribution in [0.1, 0.15) is 21.7 Å². The van der Waals surface area contributed by atoms with Crippen molar-refractivity contribution >= 4 is 28.8 Å². The van der Waals surface area contributed by atoms with Crippen molar-refractivity contribution in [2.24, 2.45) is 5.73 Å². The molecule has 1 amide bonds. The smallest absolute Gasteiger partial charge is 0.265 e. The lowest BCUT2D eigenvalue weighted by molar-refractivity contribution is 0.0796. The van der Waals surface area contributed by atoms with E-state index in [0.717, 1.165) is 18.5 Å². The molecule has 0 aromatic carbocycles. The minimum absolute atomic E-state index is 0.0195. The lowest BCUT2D eigenvalue weighted by Crippen LogP contribution is -2.31. The highest BCUT2D eigenvalue weighted by molar-refractivity contribution is 7.13. The van der Waals surface area contributed by atoms with Crippen molar-refractivity contribution in [2.45, 2.75) is 19.4 Å².